The Morgan fingerprint density at radius 3 is 2.30 bits per heavy atom. The average Bonchev–Trinajstić information content (AvgIpc) is 3.08. The van der Waals surface area contributed by atoms with E-state index in [-0.39, 0.29) is 0 Å². The molecule has 0 atom stereocenters. The van der Waals surface area contributed by atoms with Crippen molar-refractivity contribution in [1.29, 1.82) is 0 Å². The van der Waals surface area contributed by atoms with Gasteiger partial charge < -0.3 is 4.90 Å². The number of hydrogen-bond acceptors (Lipinski definition) is 8. The maximum atomic E-state index is 5.44. The number of hydrazine groups is 1. The number of nitrogens with zero attached hydrogens (tertiary/aromatic N) is 7. The molecule has 0 radical (unpaired) electrons. The Labute approximate surface area is 116 Å². The standard InChI is InChI=1S/C11H17N9/c1-7-13-8(2)20(18-7)11-15-9(17-12)14-10(16-11)19-5-3-4-6-19/h3-6,12H2,1-2H3,(H,14,15,16,17). The van der Waals surface area contributed by atoms with Gasteiger partial charge in [-0.05, 0) is 26.7 Å². The lowest BCUT2D eigenvalue weighted by Gasteiger charge is -2.16. The molecule has 3 N–H and O–H groups in total. The molecule has 2 aromatic heterocycles. The van der Waals surface area contributed by atoms with Crippen molar-refractivity contribution in [3.8, 4) is 5.95 Å². The van der Waals surface area contributed by atoms with Gasteiger partial charge in [0.1, 0.15) is 11.6 Å². The molecule has 1 aliphatic heterocycles. The first-order valence-electron chi connectivity index (χ1n) is 6.55. The van der Waals surface area contributed by atoms with Crippen molar-refractivity contribution in [1.82, 2.24) is 29.7 Å². The highest BCUT2D eigenvalue weighted by Gasteiger charge is 2.19. The van der Waals surface area contributed by atoms with E-state index < -0.39 is 0 Å². The molecule has 0 unspecified atom stereocenters. The van der Waals surface area contributed by atoms with E-state index >= 15 is 0 Å². The molecular weight excluding hydrogens is 258 g/mol. The molecule has 3 rings (SSSR count). The Kier molecular flexibility index (Phi) is 3.18. The molecule has 0 aromatic carbocycles. The third kappa shape index (κ3) is 2.27. The summed E-state index contributed by atoms with van der Waals surface area (Å²) in [4.78, 5) is 19.4. The second-order valence-electron chi connectivity index (χ2n) is 4.72. The van der Waals surface area contributed by atoms with E-state index in [1.54, 1.807) is 4.68 Å². The van der Waals surface area contributed by atoms with Crippen LogP contribution in [0.25, 0.3) is 5.95 Å². The highest BCUT2D eigenvalue weighted by Crippen LogP contribution is 2.18. The van der Waals surface area contributed by atoms with Gasteiger partial charge in [0.05, 0.1) is 0 Å². The number of nitrogen functional groups attached to an aromatic ring is 1. The van der Waals surface area contributed by atoms with E-state index in [0.717, 1.165) is 31.8 Å². The maximum Gasteiger partial charge on any atom is 0.258 e. The van der Waals surface area contributed by atoms with Crippen molar-refractivity contribution >= 4 is 11.9 Å². The van der Waals surface area contributed by atoms with Crippen molar-refractivity contribution in [3.63, 3.8) is 0 Å². The van der Waals surface area contributed by atoms with Crippen LogP contribution in [0.3, 0.4) is 0 Å². The molecule has 0 bridgehead atoms. The molecule has 1 fully saturated rings. The Hall–Kier alpha value is -2.29. The van der Waals surface area contributed by atoms with E-state index in [2.05, 4.69) is 35.4 Å². The molecule has 106 valence electrons. The first kappa shape index (κ1) is 12.7. The summed E-state index contributed by atoms with van der Waals surface area (Å²) in [5.74, 6) is 8.21. The van der Waals surface area contributed by atoms with Crippen molar-refractivity contribution in [2.45, 2.75) is 26.7 Å². The molecule has 20 heavy (non-hydrogen) atoms. The van der Waals surface area contributed by atoms with E-state index in [9.17, 15) is 0 Å². The van der Waals surface area contributed by atoms with Crippen LogP contribution in [0.15, 0.2) is 0 Å². The Bertz CT molecular complexity index is 614. The molecule has 0 amide bonds. The number of hydrogen-bond donors (Lipinski definition) is 2. The fraction of sp³-hybridized carbons (Fsp3) is 0.545. The van der Waals surface area contributed by atoms with Crippen LogP contribution in [0.4, 0.5) is 11.9 Å². The van der Waals surface area contributed by atoms with E-state index in [4.69, 9.17) is 5.84 Å². The Morgan fingerprint density at radius 2 is 1.70 bits per heavy atom. The third-order valence-corrected chi connectivity index (χ3v) is 3.19. The quantitative estimate of drug-likeness (QED) is 0.592. The lowest BCUT2D eigenvalue weighted by Crippen LogP contribution is -2.24. The normalized spacial score (nSPS) is 14.8. The molecule has 9 nitrogen and oxygen atoms in total. The van der Waals surface area contributed by atoms with E-state index in [1.165, 1.54) is 0 Å². The Balaban J connectivity index is 2.05. The summed E-state index contributed by atoms with van der Waals surface area (Å²) in [6, 6.07) is 0. The summed E-state index contributed by atoms with van der Waals surface area (Å²) in [5, 5.41) is 4.29. The predicted octanol–water partition coefficient (Wildman–Crippen LogP) is -0.0451. The minimum absolute atomic E-state index is 0.324. The van der Waals surface area contributed by atoms with E-state index in [0.29, 0.717) is 23.7 Å². The van der Waals surface area contributed by atoms with Gasteiger partial charge in [0.2, 0.25) is 11.9 Å². The lowest BCUT2D eigenvalue weighted by atomic mass is 10.4. The number of nitrogens with one attached hydrogen (secondary N) is 1. The fourth-order valence-electron chi connectivity index (χ4n) is 2.28. The number of anilines is 2. The van der Waals surface area contributed by atoms with Crippen LogP contribution in [0, 0.1) is 13.8 Å². The SMILES string of the molecule is Cc1nc(C)n(-c2nc(NN)nc(N3CCCC3)n2)n1. The van der Waals surface area contributed by atoms with Gasteiger partial charge in [0, 0.05) is 13.1 Å². The first-order chi connectivity index (χ1) is 9.67. The van der Waals surface area contributed by atoms with Crippen LogP contribution in [0.2, 0.25) is 0 Å². The predicted molar refractivity (Wildman–Crippen MR) is 73.5 cm³/mol. The van der Waals surface area contributed by atoms with Crippen LogP contribution in [0.1, 0.15) is 24.5 Å². The second kappa shape index (κ2) is 5.00. The minimum atomic E-state index is 0.324. The summed E-state index contributed by atoms with van der Waals surface area (Å²) >= 11 is 0. The van der Waals surface area contributed by atoms with Crippen molar-refractivity contribution in [2.75, 3.05) is 23.4 Å². The Morgan fingerprint density at radius 1 is 1.00 bits per heavy atom. The molecule has 1 saturated heterocycles. The number of aryl methyl sites for hydroxylation is 2. The topological polar surface area (TPSA) is 111 Å². The van der Waals surface area contributed by atoms with Gasteiger partial charge in [-0.3, -0.25) is 5.43 Å². The smallest absolute Gasteiger partial charge is 0.258 e. The number of nitrogens with two attached hydrogens (primary N) is 1. The zero-order valence-corrected chi connectivity index (χ0v) is 11.5. The molecule has 0 saturated carbocycles. The van der Waals surface area contributed by atoms with Gasteiger partial charge in [-0.1, -0.05) is 0 Å². The van der Waals surface area contributed by atoms with Crippen molar-refractivity contribution in [3.05, 3.63) is 11.6 Å². The molecule has 0 spiro atoms. The van der Waals surface area contributed by atoms with Gasteiger partial charge in [-0.25, -0.2) is 10.8 Å². The highest BCUT2D eigenvalue weighted by atomic mass is 15.4. The molecule has 0 aliphatic carbocycles. The van der Waals surface area contributed by atoms with Crippen LogP contribution >= 0.6 is 0 Å². The minimum Gasteiger partial charge on any atom is -0.341 e. The lowest BCUT2D eigenvalue weighted by molar-refractivity contribution is 0.752. The summed E-state index contributed by atoms with van der Waals surface area (Å²) in [6.45, 7) is 5.58. The van der Waals surface area contributed by atoms with Crippen LogP contribution in [-0.2, 0) is 0 Å². The molecule has 1 aliphatic rings. The zero-order chi connectivity index (χ0) is 14.1. The van der Waals surface area contributed by atoms with Gasteiger partial charge in [-0.15, -0.1) is 5.10 Å². The summed E-state index contributed by atoms with van der Waals surface area (Å²) in [7, 11) is 0. The van der Waals surface area contributed by atoms with Gasteiger partial charge >= 0.3 is 0 Å². The summed E-state index contributed by atoms with van der Waals surface area (Å²) in [6.07, 6.45) is 2.29. The molecule has 9 heteroatoms. The van der Waals surface area contributed by atoms with Gasteiger partial charge in [-0.2, -0.15) is 19.6 Å². The third-order valence-electron chi connectivity index (χ3n) is 3.19. The van der Waals surface area contributed by atoms with Gasteiger partial charge in [0.15, 0.2) is 0 Å². The average molecular weight is 275 g/mol. The maximum absolute atomic E-state index is 5.44. The molecule has 3 heterocycles. The summed E-state index contributed by atoms with van der Waals surface area (Å²) < 4.78 is 1.59. The molecule has 2 aromatic rings. The van der Waals surface area contributed by atoms with Gasteiger partial charge in [0.25, 0.3) is 5.95 Å². The first-order valence-corrected chi connectivity index (χ1v) is 6.55. The van der Waals surface area contributed by atoms with Crippen LogP contribution < -0.4 is 16.2 Å². The fourth-order valence-corrected chi connectivity index (χ4v) is 2.28. The highest BCUT2D eigenvalue weighted by molar-refractivity contribution is 5.40. The molecular formula is C11H17N9. The second-order valence-corrected chi connectivity index (χ2v) is 4.72. The van der Waals surface area contributed by atoms with Crippen molar-refractivity contribution in [2.24, 2.45) is 5.84 Å². The van der Waals surface area contributed by atoms with Crippen LogP contribution in [0.5, 0.6) is 0 Å². The largest absolute Gasteiger partial charge is 0.341 e. The number of aromatic nitrogens is 6. The summed E-state index contributed by atoms with van der Waals surface area (Å²) in [5.41, 5.74) is 2.48. The zero-order valence-electron chi connectivity index (χ0n) is 11.5. The van der Waals surface area contributed by atoms with Crippen LogP contribution in [-0.4, -0.2) is 42.8 Å². The monoisotopic (exact) mass is 275 g/mol. The van der Waals surface area contributed by atoms with E-state index in [1.807, 2.05) is 13.8 Å². The van der Waals surface area contributed by atoms with Crippen molar-refractivity contribution < 1.29 is 0 Å². The number of rotatable bonds is 3.